The number of rotatable bonds is 3. The smallest absolute Gasteiger partial charge is 0.416 e. The number of carbonyl (C=O) groups is 1. The Morgan fingerprint density at radius 2 is 2.05 bits per heavy atom. The van der Waals surface area contributed by atoms with Crippen molar-refractivity contribution in [1.82, 2.24) is 4.98 Å². The molecule has 0 unspecified atom stereocenters. The van der Waals surface area contributed by atoms with Gasteiger partial charge in [0.05, 0.1) is 19.1 Å². The summed E-state index contributed by atoms with van der Waals surface area (Å²) in [5.74, 6) is -1.05. The van der Waals surface area contributed by atoms with Gasteiger partial charge in [0.2, 0.25) is 0 Å². The molecule has 106 valence electrons. The van der Waals surface area contributed by atoms with Crippen molar-refractivity contribution in [2.75, 3.05) is 7.11 Å². The van der Waals surface area contributed by atoms with Crippen LogP contribution in [0.25, 0.3) is 0 Å². The molecule has 0 amide bonds. The highest BCUT2D eigenvalue weighted by molar-refractivity contribution is 14.1. The van der Waals surface area contributed by atoms with E-state index >= 15 is 0 Å². The van der Waals surface area contributed by atoms with Crippen LogP contribution < -0.4 is 0 Å². The van der Waals surface area contributed by atoms with Gasteiger partial charge >= 0.3 is 12.1 Å². The van der Waals surface area contributed by atoms with Gasteiger partial charge in [0, 0.05) is 5.56 Å². The maximum atomic E-state index is 12.8. The van der Waals surface area contributed by atoms with Crippen molar-refractivity contribution in [3.05, 3.63) is 26.6 Å². The minimum Gasteiger partial charge on any atom is -0.469 e. The molecule has 0 radical (unpaired) electrons. The number of nitrogens with zero attached hydrogens (tertiary/aromatic N) is 1. The second-order valence-electron chi connectivity index (χ2n) is 3.41. The summed E-state index contributed by atoms with van der Waals surface area (Å²) in [5.41, 5.74) is -3.20. The molecule has 0 fully saturated rings. The van der Waals surface area contributed by atoms with Gasteiger partial charge in [0.15, 0.2) is 0 Å². The first kappa shape index (κ1) is 16.1. The number of halogens is 6. The maximum Gasteiger partial charge on any atom is 0.416 e. The molecule has 1 aromatic heterocycles. The largest absolute Gasteiger partial charge is 0.469 e. The zero-order valence-electron chi connectivity index (χ0n) is 9.39. The Kier molecular flexibility index (Phi) is 5.04. The zero-order chi connectivity index (χ0) is 14.8. The molecular weight excluding hydrogens is 388 g/mol. The third-order valence-electron chi connectivity index (χ3n) is 2.19. The Bertz CT molecular complexity index is 490. The van der Waals surface area contributed by atoms with Gasteiger partial charge in [-0.05, 0) is 28.7 Å². The predicted molar refractivity (Wildman–Crippen MR) is 62.6 cm³/mol. The number of aromatic nitrogens is 1. The van der Waals surface area contributed by atoms with Crippen molar-refractivity contribution in [1.29, 1.82) is 0 Å². The second-order valence-corrected chi connectivity index (χ2v) is 4.51. The molecule has 0 aromatic carbocycles. The minimum atomic E-state index is -4.85. The van der Waals surface area contributed by atoms with Gasteiger partial charge in [0.25, 0.3) is 6.43 Å². The standard InChI is InChI=1S/C10H7F5INO2/c1-19-7(18)2-4-5(10(13,14)15)3-6(16)17-8(4)9(11)12/h3,9H,2H2,1H3. The number of ether oxygens (including phenoxy) is 1. The van der Waals surface area contributed by atoms with Gasteiger partial charge in [-0.3, -0.25) is 4.79 Å². The lowest BCUT2D eigenvalue weighted by Gasteiger charge is -2.16. The minimum absolute atomic E-state index is 0.228. The molecule has 0 saturated heterocycles. The highest BCUT2D eigenvalue weighted by Crippen LogP contribution is 2.36. The molecule has 0 aliphatic rings. The molecule has 0 N–H and O–H groups in total. The molecule has 9 heteroatoms. The van der Waals surface area contributed by atoms with Crippen molar-refractivity contribution in [2.45, 2.75) is 19.0 Å². The fraction of sp³-hybridized carbons (Fsp3) is 0.400. The van der Waals surface area contributed by atoms with Crippen LogP contribution in [0.1, 0.15) is 23.2 Å². The number of hydrogen-bond acceptors (Lipinski definition) is 3. The van der Waals surface area contributed by atoms with E-state index < -0.39 is 41.8 Å². The molecular formula is C10H7F5INO2. The van der Waals surface area contributed by atoms with Crippen LogP contribution >= 0.6 is 22.6 Å². The van der Waals surface area contributed by atoms with Crippen molar-refractivity contribution in [3.8, 4) is 0 Å². The molecule has 0 aliphatic heterocycles. The lowest BCUT2D eigenvalue weighted by molar-refractivity contribution is -0.141. The Morgan fingerprint density at radius 3 is 2.47 bits per heavy atom. The number of pyridine rings is 1. The van der Waals surface area contributed by atoms with Crippen LogP contribution in [0.15, 0.2) is 6.07 Å². The van der Waals surface area contributed by atoms with E-state index in [0.717, 1.165) is 7.11 Å². The van der Waals surface area contributed by atoms with E-state index in [1.807, 2.05) is 0 Å². The lowest BCUT2D eigenvalue weighted by Crippen LogP contribution is -2.17. The first-order chi connectivity index (χ1) is 8.66. The van der Waals surface area contributed by atoms with E-state index in [0.29, 0.717) is 6.07 Å². The van der Waals surface area contributed by atoms with Crippen molar-refractivity contribution in [2.24, 2.45) is 0 Å². The van der Waals surface area contributed by atoms with E-state index in [1.54, 1.807) is 0 Å². The van der Waals surface area contributed by atoms with Crippen LogP contribution in [0.4, 0.5) is 22.0 Å². The molecule has 0 atom stereocenters. The Morgan fingerprint density at radius 1 is 1.47 bits per heavy atom. The van der Waals surface area contributed by atoms with Crippen LogP contribution in [-0.4, -0.2) is 18.1 Å². The second kappa shape index (κ2) is 5.97. The van der Waals surface area contributed by atoms with E-state index in [4.69, 9.17) is 0 Å². The van der Waals surface area contributed by atoms with E-state index in [9.17, 15) is 26.7 Å². The van der Waals surface area contributed by atoms with Crippen molar-refractivity contribution >= 4 is 28.6 Å². The van der Waals surface area contributed by atoms with E-state index in [1.165, 1.54) is 22.6 Å². The van der Waals surface area contributed by atoms with Crippen LogP contribution in [0.2, 0.25) is 0 Å². The average Bonchev–Trinajstić information content (AvgIpc) is 2.28. The number of esters is 1. The monoisotopic (exact) mass is 395 g/mol. The molecule has 19 heavy (non-hydrogen) atoms. The summed E-state index contributed by atoms with van der Waals surface area (Å²) in [4.78, 5) is 14.4. The summed E-state index contributed by atoms with van der Waals surface area (Å²) < 4.78 is 67.9. The van der Waals surface area contributed by atoms with Gasteiger partial charge in [-0.25, -0.2) is 13.8 Å². The molecule has 1 heterocycles. The zero-order valence-corrected chi connectivity index (χ0v) is 11.6. The normalized spacial score (nSPS) is 11.8. The first-order valence-electron chi connectivity index (χ1n) is 4.78. The van der Waals surface area contributed by atoms with Crippen molar-refractivity contribution in [3.63, 3.8) is 0 Å². The topological polar surface area (TPSA) is 39.2 Å². The van der Waals surface area contributed by atoms with Gasteiger partial charge in [-0.2, -0.15) is 13.2 Å². The summed E-state index contributed by atoms with van der Waals surface area (Å²) in [7, 11) is 0.956. The number of methoxy groups -OCH3 is 1. The fourth-order valence-electron chi connectivity index (χ4n) is 1.39. The third-order valence-corrected chi connectivity index (χ3v) is 2.74. The van der Waals surface area contributed by atoms with E-state index in [-0.39, 0.29) is 3.70 Å². The molecule has 3 nitrogen and oxygen atoms in total. The van der Waals surface area contributed by atoms with Gasteiger partial charge in [-0.1, -0.05) is 0 Å². The number of alkyl halides is 5. The summed E-state index contributed by atoms with van der Waals surface area (Å²) >= 11 is 1.40. The van der Waals surface area contributed by atoms with E-state index in [2.05, 4.69) is 9.72 Å². The Hall–Kier alpha value is -1.00. The van der Waals surface area contributed by atoms with Crippen LogP contribution in [0, 0.1) is 3.70 Å². The fourth-order valence-corrected chi connectivity index (χ4v) is 1.97. The summed E-state index contributed by atoms with van der Waals surface area (Å²) in [6.07, 6.45) is -8.97. The Balaban J connectivity index is 3.47. The van der Waals surface area contributed by atoms with Crippen LogP contribution in [0.3, 0.4) is 0 Å². The molecule has 0 aliphatic carbocycles. The van der Waals surface area contributed by atoms with Gasteiger partial charge in [0.1, 0.15) is 9.39 Å². The summed E-state index contributed by atoms with van der Waals surface area (Å²) in [6, 6.07) is 0.616. The van der Waals surface area contributed by atoms with Gasteiger partial charge in [-0.15, -0.1) is 0 Å². The first-order valence-corrected chi connectivity index (χ1v) is 5.86. The quantitative estimate of drug-likeness (QED) is 0.341. The SMILES string of the molecule is COC(=O)Cc1c(C(F)(F)F)cc(I)nc1C(F)F. The third kappa shape index (κ3) is 3.98. The molecule has 0 bridgehead atoms. The van der Waals surface area contributed by atoms with Crippen LogP contribution in [0.5, 0.6) is 0 Å². The number of carbonyl (C=O) groups excluding carboxylic acids is 1. The highest BCUT2D eigenvalue weighted by atomic mass is 127. The van der Waals surface area contributed by atoms with Crippen LogP contribution in [-0.2, 0) is 22.1 Å². The molecule has 1 rings (SSSR count). The summed E-state index contributed by atoms with van der Waals surface area (Å²) in [6.45, 7) is 0. The molecule has 1 aromatic rings. The summed E-state index contributed by atoms with van der Waals surface area (Å²) in [5, 5.41) is 0. The lowest BCUT2D eigenvalue weighted by atomic mass is 10.0. The maximum absolute atomic E-state index is 12.8. The highest BCUT2D eigenvalue weighted by Gasteiger charge is 2.37. The number of hydrogen-bond donors (Lipinski definition) is 0. The van der Waals surface area contributed by atoms with Gasteiger partial charge < -0.3 is 4.74 Å². The van der Waals surface area contributed by atoms with Crippen molar-refractivity contribution < 1.29 is 31.5 Å². The average molecular weight is 395 g/mol. The predicted octanol–water partition coefficient (Wildman–Crippen LogP) is 3.36. The molecule has 0 saturated carbocycles. The molecule has 0 spiro atoms. The Labute approximate surface area is 118 Å².